The first-order valence-electron chi connectivity index (χ1n) is 11.2. The van der Waals surface area contributed by atoms with E-state index in [1.54, 1.807) is 6.20 Å². The standard InChI is InChI=1S/C25H29N7/c1-16-14-32(15-17(2)29-16)23-8-4-7-21(31-23)18(3)30-22-9-11-27-25-24(22)20(13-28-25)19-6-5-10-26-12-19/h4-13,16-18,29H,14-15H2,1-3H3,(H2,27,28,30)/t16-,17+,18-/m0/s1. The number of aromatic amines is 1. The Morgan fingerprint density at radius 3 is 2.69 bits per heavy atom. The third-order valence-electron chi connectivity index (χ3n) is 6.00. The molecule has 0 amide bonds. The summed E-state index contributed by atoms with van der Waals surface area (Å²) in [6.45, 7) is 8.53. The van der Waals surface area contributed by atoms with Crippen LogP contribution in [0.15, 0.2) is 61.2 Å². The molecule has 0 saturated carbocycles. The van der Waals surface area contributed by atoms with Crippen molar-refractivity contribution in [3.63, 3.8) is 0 Å². The van der Waals surface area contributed by atoms with Crippen LogP contribution in [-0.4, -0.2) is 45.1 Å². The fraction of sp³-hybridized carbons (Fsp3) is 0.320. The molecule has 0 unspecified atom stereocenters. The second-order valence-corrected chi connectivity index (χ2v) is 8.69. The van der Waals surface area contributed by atoms with Gasteiger partial charge in [-0.15, -0.1) is 0 Å². The minimum absolute atomic E-state index is 0.0370. The second kappa shape index (κ2) is 8.59. The van der Waals surface area contributed by atoms with Crippen LogP contribution < -0.4 is 15.5 Å². The molecule has 0 bridgehead atoms. The maximum absolute atomic E-state index is 5.01. The molecule has 3 N–H and O–H groups in total. The summed E-state index contributed by atoms with van der Waals surface area (Å²) in [4.78, 5) is 19.5. The van der Waals surface area contributed by atoms with Crippen LogP contribution >= 0.6 is 0 Å². The lowest BCUT2D eigenvalue weighted by atomic mass is 10.1. The van der Waals surface area contributed by atoms with E-state index in [-0.39, 0.29) is 6.04 Å². The fourth-order valence-corrected chi connectivity index (χ4v) is 4.60. The highest BCUT2D eigenvalue weighted by Gasteiger charge is 2.22. The zero-order valence-electron chi connectivity index (χ0n) is 18.7. The van der Waals surface area contributed by atoms with Crippen molar-refractivity contribution >= 4 is 22.5 Å². The van der Waals surface area contributed by atoms with Gasteiger partial charge < -0.3 is 20.5 Å². The van der Waals surface area contributed by atoms with Gasteiger partial charge in [0.25, 0.3) is 0 Å². The molecule has 32 heavy (non-hydrogen) atoms. The summed E-state index contributed by atoms with van der Waals surface area (Å²) in [5, 5.41) is 8.32. The molecule has 5 heterocycles. The highest BCUT2D eigenvalue weighted by atomic mass is 15.3. The topological polar surface area (TPSA) is 81.8 Å². The van der Waals surface area contributed by atoms with Crippen molar-refractivity contribution in [1.29, 1.82) is 0 Å². The van der Waals surface area contributed by atoms with Crippen LogP contribution in [0.3, 0.4) is 0 Å². The number of aromatic nitrogens is 4. The van der Waals surface area contributed by atoms with Crippen molar-refractivity contribution in [2.45, 2.75) is 38.9 Å². The van der Waals surface area contributed by atoms with Crippen LogP contribution in [0.25, 0.3) is 22.2 Å². The van der Waals surface area contributed by atoms with E-state index < -0.39 is 0 Å². The van der Waals surface area contributed by atoms with Gasteiger partial charge in [0.2, 0.25) is 0 Å². The number of hydrogen-bond donors (Lipinski definition) is 3. The van der Waals surface area contributed by atoms with Gasteiger partial charge in [-0.2, -0.15) is 0 Å². The molecule has 1 fully saturated rings. The number of pyridine rings is 3. The van der Waals surface area contributed by atoms with E-state index in [9.17, 15) is 0 Å². The summed E-state index contributed by atoms with van der Waals surface area (Å²) in [5.74, 6) is 1.04. The molecule has 0 aliphatic carbocycles. The molecule has 3 atom stereocenters. The molecule has 0 spiro atoms. The number of piperazine rings is 1. The molecular formula is C25H29N7. The zero-order valence-corrected chi connectivity index (χ0v) is 18.7. The number of nitrogens with one attached hydrogen (secondary N) is 3. The molecule has 0 aromatic carbocycles. The third kappa shape index (κ3) is 4.03. The van der Waals surface area contributed by atoms with Gasteiger partial charge in [-0.25, -0.2) is 9.97 Å². The lowest BCUT2D eigenvalue weighted by molar-refractivity contribution is 0.405. The van der Waals surface area contributed by atoms with E-state index in [0.29, 0.717) is 12.1 Å². The maximum atomic E-state index is 5.01. The highest BCUT2D eigenvalue weighted by Crippen LogP contribution is 2.34. The Labute approximate surface area is 188 Å². The van der Waals surface area contributed by atoms with Gasteiger partial charge in [0, 0.05) is 72.2 Å². The second-order valence-electron chi connectivity index (χ2n) is 8.69. The lowest BCUT2D eigenvalue weighted by Gasteiger charge is -2.37. The van der Waals surface area contributed by atoms with E-state index in [1.165, 1.54) is 0 Å². The van der Waals surface area contributed by atoms with Gasteiger partial charge in [0.1, 0.15) is 11.5 Å². The first kappa shape index (κ1) is 20.5. The number of fused-ring (bicyclic) bond motifs is 1. The summed E-state index contributed by atoms with van der Waals surface area (Å²) in [7, 11) is 0. The quantitative estimate of drug-likeness (QED) is 0.439. The first-order valence-corrected chi connectivity index (χ1v) is 11.2. The summed E-state index contributed by atoms with van der Waals surface area (Å²) < 4.78 is 0. The predicted molar refractivity (Wildman–Crippen MR) is 130 cm³/mol. The Bertz CT molecular complexity index is 1190. The van der Waals surface area contributed by atoms with E-state index >= 15 is 0 Å². The van der Waals surface area contributed by atoms with Crippen molar-refractivity contribution in [3.8, 4) is 11.1 Å². The lowest BCUT2D eigenvalue weighted by Crippen LogP contribution is -2.54. The van der Waals surface area contributed by atoms with Crippen LogP contribution in [0, 0.1) is 0 Å². The molecule has 1 aliphatic rings. The van der Waals surface area contributed by atoms with Crippen LogP contribution in [0.2, 0.25) is 0 Å². The van der Waals surface area contributed by atoms with E-state index in [2.05, 4.69) is 75.5 Å². The summed E-state index contributed by atoms with van der Waals surface area (Å²) >= 11 is 0. The first-order chi connectivity index (χ1) is 15.6. The molecule has 0 radical (unpaired) electrons. The van der Waals surface area contributed by atoms with Crippen LogP contribution in [0.5, 0.6) is 0 Å². The van der Waals surface area contributed by atoms with Crippen LogP contribution in [0.1, 0.15) is 32.5 Å². The van der Waals surface area contributed by atoms with E-state index in [1.807, 2.05) is 30.7 Å². The van der Waals surface area contributed by atoms with Gasteiger partial charge in [-0.3, -0.25) is 4.98 Å². The third-order valence-corrected chi connectivity index (χ3v) is 6.00. The molecule has 7 nitrogen and oxygen atoms in total. The van der Waals surface area contributed by atoms with Crippen LogP contribution in [-0.2, 0) is 0 Å². The van der Waals surface area contributed by atoms with E-state index in [4.69, 9.17) is 4.98 Å². The highest BCUT2D eigenvalue weighted by molar-refractivity contribution is 6.02. The molecule has 1 saturated heterocycles. The zero-order chi connectivity index (χ0) is 22.1. The molecule has 1 aliphatic heterocycles. The van der Waals surface area contributed by atoms with Crippen molar-refractivity contribution in [1.82, 2.24) is 25.3 Å². The van der Waals surface area contributed by atoms with Crippen molar-refractivity contribution in [2.24, 2.45) is 0 Å². The van der Waals surface area contributed by atoms with Gasteiger partial charge in [-0.05, 0) is 45.0 Å². The van der Waals surface area contributed by atoms with Crippen molar-refractivity contribution in [3.05, 3.63) is 66.9 Å². The average Bonchev–Trinajstić information content (AvgIpc) is 3.24. The summed E-state index contributed by atoms with van der Waals surface area (Å²) in [6.07, 6.45) is 7.49. The van der Waals surface area contributed by atoms with Crippen LogP contribution in [0.4, 0.5) is 11.5 Å². The Hall–Kier alpha value is -3.45. The van der Waals surface area contributed by atoms with Gasteiger partial charge in [0.15, 0.2) is 0 Å². The normalized spacial score (nSPS) is 19.8. The van der Waals surface area contributed by atoms with E-state index in [0.717, 1.165) is 52.4 Å². The number of anilines is 2. The largest absolute Gasteiger partial charge is 0.376 e. The number of H-pyrrole nitrogens is 1. The van der Waals surface area contributed by atoms with Gasteiger partial charge in [0.05, 0.1) is 11.7 Å². The SMILES string of the molecule is C[C@@H]1CN(c2cccc([C@H](C)Nc3ccnc4[nH]cc(-c5cccnc5)c34)n2)C[C@H](C)N1. The summed E-state index contributed by atoms with van der Waals surface area (Å²) in [5.41, 5.74) is 5.04. The van der Waals surface area contributed by atoms with Gasteiger partial charge in [-0.1, -0.05) is 12.1 Å². The smallest absolute Gasteiger partial charge is 0.139 e. The minimum atomic E-state index is 0.0370. The predicted octanol–water partition coefficient (Wildman–Crippen LogP) is 4.38. The van der Waals surface area contributed by atoms with Crippen molar-refractivity contribution < 1.29 is 0 Å². The molecule has 5 rings (SSSR count). The molecular weight excluding hydrogens is 398 g/mol. The minimum Gasteiger partial charge on any atom is -0.376 e. The Kier molecular flexibility index (Phi) is 5.49. The Morgan fingerprint density at radius 1 is 1.06 bits per heavy atom. The number of nitrogens with zero attached hydrogens (tertiary/aromatic N) is 4. The monoisotopic (exact) mass is 427 g/mol. The molecule has 7 heteroatoms. The maximum Gasteiger partial charge on any atom is 0.139 e. The number of rotatable bonds is 5. The average molecular weight is 428 g/mol. The summed E-state index contributed by atoms with van der Waals surface area (Å²) in [6, 6.07) is 13.3. The molecule has 4 aromatic heterocycles. The fourth-order valence-electron chi connectivity index (χ4n) is 4.60. The van der Waals surface area contributed by atoms with Crippen molar-refractivity contribution in [2.75, 3.05) is 23.3 Å². The van der Waals surface area contributed by atoms with Gasteiger partial charge >= 0.3 is 0 Å². The number of hydrogen-bond acceptors (Lipinski definition) is 6. The Morgan fingerprint density at radius 2 is 1.91 bits per heavy atom. The molecule has 4 aromatic rings. The Balaban J connectivity index is 1.43. The molecule has 164 valence electrons.